The second-order valence-electron chi connectivity index (χ2n) is 5.51. The number of amides is 1. The lowest BCUT2D eigenvalue weighted by molar-refractivity contribution is -0.133. The number of fused-ring (bicyclic) bond motifs is 1. The highest BCUT2D eigenvalue weighted by atomic mass is 16.5. The van der Waals surface area contributed by atoms with E-state index in [9.17, 15) is 9.59 Å². The van der Waals surface area contributed by atoms with E-state index in [0.29, 0.717) is 23.6 Å². The molecule has 1 amide bonds. The largest absolute Gasteiger partial charge is 0.478 e. The number of hydrogen-bond donors (Lipinski definition) is 1. The maximum Gasteiger partial charge on any atom is 0.328 e. The summed E-state index contributed by atoms with van der Waals surface area (Å²) in [5.74, 6) is -0.464. The van der Waals surface area contributed by atoms with Crippen molar-refractivity contribution in [3.8, 4) is 5.75 Å². The van der Waals surface area contributed by atoms with Gasteiger partial charge < -0.3 is 14.7 Å². The Morgan fingerprint density at radius 2 is 2.10 bits per heavy atom. The highest BCUT2D eigenvalue weighted by Crippen LogP contribution is 2.39. The molecular weight excluding hydrogens is 270 g/mol. The van der Waals surface area contributed by atoms with E-state index in [1.54, 1.807) is 43.9 Å². The molecule has 2 rings (SSSR count). The van der Waals surface area contributed by atoms with Gasteiger partial charge in [-0.2, -0.15) is 0 Å². The second kappa shape index (κ2) is 5.24. The monoisotopic (exact) mass is 289 g/mol. The van der Waals surface area contributed by atoms with Gasteiger partial charge in [0.05, 0.1) is 5.69 Å². The molecule has 0 fully saturated rings. The zero-order chi connectivity index (χ0) is 15.8. The van der Waals surface area contributed by atoms with Crippen molar-refractivity contribution in [2.75, 3.05) is 11.4 Å². The smallest absolute Gasteiger partial charge is 0.328 e. The lowest BCUT2D eigenvalue weighted by Crippen LogP contribution is -2.52. The molecule has 0 saturated heterocycles. The molecule has 0 radical (unpaired) electrons. The van der Waals surface area contributed by atoms with Crippen molar-refractivity contribution in [3.63, 3.8) is 0 Å². The van der Waals surface area contributed by atoms with Crippen LogP contribution in [0.3, 0.4) is 0 Å². The molecule has 5 nitrogen and oxygen atoms in total. The third kappa shape index (κ3) is 2.77. The minimum atomic E-state index is -0.994. The number of nitrogens with zero attached hydrogens (tertiary/aromatic N) is 1. The molecule has 1 aromatic rings. The Labute approximate surface area is 123 Å². The van der Waals surface area contributed by atoms with E-state index in [1.807, 2.05) is 6.92 Å². The van der Waals surface area contributed by atoms with Crippen LogP contribution in [0.5, 0.6) is 5.75 Å². The van der Waals surface area contributed by atoms with Gasteiger partial charge in [0.1, 0.15) is 5.75 Å². The van der Waals surface area contributed by atoms with Gasteiger partial charge in [-0.1, -0.05) is 6.07 Å². The Hall–Kier alpha value is -2.30. The number of hydrogen-bond acceptors (Lipinski definition) is 3. The summed E-state index contributed by atoms with van der Waals surface area (Å²) >= 11 is 0. The van der Waals surface area contributed by atoms with Crippen LogP contribution < -0.4 is 9.64 Å². The predicted molar refractivity (Wildman–Crippen MR) is 80.5 cm³/mol. The molecular formula is C16H19NO4. The zero-order valence-corrected chi connectivity index (χ0v) is 12.6. The third-order valence-electron chi connectivity index (χ3n) is 3.49. The van der Waals surface area contributed by atoms with Gasteiger partial charge in [0.15, 0.2) is 5.60 Å². The Kier molecular flexibility index (Phi) is 3.77. The molecule has 112 valence electrons. The van der Waals surface area contributed by atoms with E-state index in [-0.39, 0.29) is 5.91 Å². The number of anilines is 1. The number of benzene rings is 1. The van der Waals surface area contributed by atoms with Crippen molar-refractivity contribution in [2.24, 2.45) is 0 Å². The van der Waals surface area contributed by atoms with Gasteiger partial charge in [0, 0.05) is 12.6 Å². The molecule has 0 aromatic heterocycles. The van der Waals surface area contributed by atoms with E-state index in [0.717, 1.165) is 11.6 Å². The molecule has 0 bridgehead atoms. The Morgan fingerprint density at radius 1 is 1.43 bits per heavy atom. The first-order valence-electron chi connectivity index (χ1n) is 6.83. The van der Waals surface area contributed by atoms with E-state index in [4.69, 9.17) is 9.84 Å². The summed E-state index contributed by atoms with van der Waals surface area (Å²) in [6, 6.07) is 5.37. The Balaban J connectivity index is 2.51. The molecule has 0 atom stereocenters. The van der Waals surface area contributed by atoms with Crippen LogP contribution in [-0.4, -0.2) is 29.1 Å². The van der Waals surface area contributed by atoms with Crippen molar-refractivity contribution >= 4 is 23.1 Å². The molecule has 1 aliphatic rings. The Morgan fingerprint density at radius 3 is 2.67 bits per heavy atom. The highest BCUT2D eigenvalue weighted by Gasteiger charge is 2.40. The fraction of sp³-hybridized carbons (Fsp3) is 0.375. The van der Waals surface area contributed by atoms with Crippen LogP contribution in [0.25, 0.3) is 5.57 Å². The first-order chi connectivity index (χ1) is 9.76. The van der Waals surface area contributed by atoms with Crippen LogP contribution in [0.15, 0.2) is 24.3 Å². The number of aliphatic carboxylic acids is 1. The van der Waals surface area contributed by atoms with Crippen LogP contribution in [0.4, 0.5) is 5.69 Å². The second-order valence-corrected chi connectivity index (χ2v) is 5.51. The Bertz CT molecular complexity index is 631. The molecule has 1 heterocycles. The van der Waals surface area contributed by atoms with Crippen LogP contribution >= 0.6 is 0 Å². The van der Waals surface area contributed by atoms with Crippen LogP contribution in [0, 0.1) is 0 Å². The minimum absolute atomic E-state index is 0.102. The van der Waals surface area contributed by atoms with Crippen LogP contribution in [-0.2, 0) is 9.59 Å². The fourth-order valence-corrected chi connectivity index (χ4v) is 2.40. The molecule has 0 aliphatic carbocycles. The summed E-state index contributed by atoms with van der Waals surface area (Å²) in [6.45, 7) is 7.63. The van der Waals surface area contributed by atoms with E-state index in [2.05, 4.69) is 0 Å². The number of allylic oxidation sites excluding steroid dienone is 1. The summed E-state index contributed by atoms with van der Waals surface area (Å²) in [4.78, 5) is 24.8. The van der Waals surface area contributed by atoms with Gasteiger partial charge >= 0.3 is 5.97 Å². The first kappa shape index (κ1) is 15.1. The van der Waals surface area contributed by atoms with Gasteiger partial charge in [-0.15, -0.1) is 0 Å². The number of rotatable bonds is 3. The number of carboxylic acid groups (broad SMARTS) is 1. The van der Waals surface area contributed by atoms with Crippen molar-refractivity contribution in [3.05, 3.63) is 29.8 Å². The molecule has 1 aromatic carbocycles. The fourth-order valence-electron chi connectivity index (χ4n) is 2.40. The minimum Gasteiger partial charge on any atom is -0.478 e. The SMILES string of the molecule is CCN1C(=O)C(C)(C)Oc2ccc(/C(C)=C/C(=O)O)cc21. The predicted octanol–water partition coefficient (Wildman–Crippen LogP) is 2.70. The van der Waals surface area contributed by atoms with Crippen molar-refractivity contribution in [1.82, 2.24) is 0 Å². The third-order valence-corrected chi connectivity index (χ3v) is 3.49. The van der Waals surface area contributed by atoms with Crippen molar-refractivity contribution < 1.29 is 19.4 Å². The number of carbonyl (C=O) groups excluding carboxylic acids is 1. The zero-order valence-electron chi connectivity index (χ0n) is 12.6. The molecule has 0 spiro atoms. The maximum absolute atomic E-state index is 12.4. The average Bonchev–Trinajstić information content (AvgIpc) is 2.38. The molecule has 0 unspecified atom stereocenters. The summed E-state index contributed by atoms with van der Waals surface area (Å²) in [6.07, 6.45) is 1.15. The number of likely N-dealkylation sites (N-methyl/N-ethyl adjacent to an activating group) is 1. The number of carbonyl (C=O) groups is 2. The summed E-state index contributed by atoms with van der Waals surface area (Å²) in [5, 5.41) is 8.83. The summed E-state index contributed by atoms with van der Waals surface area (Å²) < 4.78 is 5.75. The van der Waals surface area contributed by atoms with E-state index in [1.165, 1.54) is 0 Å². The molecule has 1 aliphatic heterocycles. The van der Waals surface area contributed by atoms with Crippen LogP contribution in [0.1, 0.15) is 33.3 Å². The van der Waals surface area contributed by atoms with Gasteiger partial charge in [-0.25, -0.2) is 4.79 Å². The number of carboxylic acids is 1. The molecule has 0 saturated carbocycles. The van der Waals surface area contributed by atoms with Crippen LogP contribution in [0.2, 0.25) is 0 Å². The normalized spacial score (nSPS) is 17.2. The van der Waals surface area contributed by atoms with Crippen molar-refractivity contribution in [1.29, 1.82) is 0 Å². The van der Waals surface area contributed by atoms with Crippen molar-refractivity contribution in [2.45, 2.75) is 33.3 Å². The lowest BCUT2D eigenvalue weighted by atomic mass is 10.0. The van der Waals surface area contributed by atoms with E-state index < -0.39 is 11.6 Å². The number of ether oxygens (including phenoxy) is 1. The highest BCUT2D eigenvalue weighted by molar-refractivity contribution is 6.03. The summed E-state index contributed by atoms with van der Waals surface area (Å²) in [5.41, 5.74) is 1.16. The molecule has 21 heavy (non-hydrogen) atoms. The topological polar surface area (TPSA) is 66.8 Å². The molecule has 5 heteroatoms. The van der Waals surface area contributed by atoms with Gasteiger partial charge in [0.25, 0.3) is 5.91 Å². The van der Waals surface area contributed by atoms with Gasteiger partial charge in [0.2, 0.25) is 0 Å². The van der Waals surface area contributed by atoms with Gasteiger partial charge in [-0.05, 0) is 51.0 Å². The first-order valence-corrected chi connectivity index (χ1v) is 6.83. The quantitative estimate of drug-likeness (QED) is 0.869. The van der Waals surface area contributed by atoms with E-state index >= 15 is 0 Å². The molecule has 1 N–H and O–H groups in total. The maximum atomic E-state index is 12.4. The van der Waals surface area contributed by atoms with Gasteiger partial charge in [-0.3, -0.25) is 4.79 Å². The summed E-state index contributed by atoms with van der Waals surface area (Å²) in [7, 11) is 0. The average molecular weight is 289 g/mol. The standard InChI is InChI=1S/C16H19NO4/c1-5-17-12-9-11(10(2)8-14(18)19)6-7-13(12)21-16(3,4)15(17)20/h6-9H,5H2,1-4H3,(H,18,19)/b10-8+. The lowest BCUT2D eigenvalue weighted by Gasteiger charge is -2.38.